The highest BCUT2D eigenvalue weighted by molar-refractivity contribution is 7.11. The van der Waals surface area contributed by atoms with Crippen LogP contribution in [-0.4, -0.2) is 48.0 Å². The molecule has 0 saturated carbocycles. The number of esters is 1. The second-order valence-electron chi connectivity index (χ2n) is 4.85. The van der Waals surface area contributed by atoms with E-state index < -0.39 is 5.97 Å². The van der Waals surface area contributed by atoms with Crippen LogP contribution in [-0.2, 0) is 4.74 Å². The zero-order valence-electron chi connectivity index (χ0n) is 12.6. The Morgan fingerprint density at radius 3 is 2.85 bits per heavy atom. The molecule has 1 aromatic rings. The minimum Gasteiger partial charge on any atom is -0.462 e. The fourth-order valence-corrected chi connectivity index (χ4v) is 2.34. The Labute approximate surface area is 124 Å². The lowest BCUT2D eigenvalue weighted by Gasteiger charge is -2.20. The molecule has 0 aromatic carbocycles. The summed E-state index contributed by atoms with van der Waals surface area (Å²) < 4.78 is 8.99. The minimum atomic E-state index is -0.416. The number of nitrogens with zero attached hydrogens (tertiary/aromatic N) is 2. The first kappa shape index (κ1) is 16.7. The first-order valence-electron chi connectivity index (χ1n) is 6.83. The number of nitrogens with one attached hydrogen (secondary N) is 1. The summed E-state index contributed by atoms with van der Waals surface area (Å²) in [6, 6.07) is 0.532. The summed E-state index contributed by atoms with van der Waals surface area (Å²) in [5, 5.41) is 3.90. The van der Waals surface area contributed by atoms with E-state index in [1.807, 2.05) is 0 Å². The SMILES string of the molecule is CCOC(=O)c1c(N)nsc1NCCCN(C)C(C)C. The maximum absolute atomic E-state index is 11.8. The minimum absolute atomic E-state index is 0.232. The smallest absolute Gasteiger partial charge is 0.344 e. The van der Waals surface area contributed by atoms with Crippen LogP contribution in [0, 0.1) is 0 Å². The summed E-state index contributed by atoms with van der Waals surface area (Å²) in [5.41, 5.74) is 6.07. The van der Waals surface area contributed by atoms with E-state index in [9.17, 15) is 4.79 Å². The quantitative estimate of drug-likeness (QED) is 0.565. The fraction of sp³-hybridized carbons (Fsp3) is 0.692. The summed E-state index contributed by atoms with van der Waals surface area (Å²) in [4.78, 5) is 14.1. The molecule has 0 unspecified atom stereocenters. The van der Waals surface area contributed by atoms with Crippen LogP contribution in [0.3, 0.4) is 0 Å². The molecule has 1 aromatic heterocycles. The van der Waals surface area contributed by atoms with Crippen LogP contribution in [0.5, 0.6) is 0 Å². The number of hydrogen-bond acceptors (Lipinski definition) is 7. The van der Waals surface area contributed by atoms with E-state index in [2.05, 4.69) is 35.5 Å². The van der Waals surface area contributed by atoms with Gasteiger partial charge in [-0.15, -0.1) is 0 Å². The highest BCUT2D eigenvalue weighted by Crippen LogP contribution is 2.27. The molecule has 3 N–H and O–H groups in total. The monoisotopic (exact) mass is 300 g/mol. The van der Waals surface area contributed by atoms with Crippen molar-refractivity contribution in [3.63, 3.8) is 0 Å². The largest absolute Gasteiger partial charge is 0.462 e. The van der Waals surface area contributed by atoms with Crippen molar-refractivity contribution in [3.8, 4) is 0 Å². The van der Waals surface area contributed by atoms with Crippen LogP contribution in [0.1, 0.15) is 37.6 Å². The second-order valence-corrected chi connectivity index (χ2v) is 5.62. The van der Waals surface area contributed by atoms with Crippen LogP contribution in [0.15, 0.2) is 0 Å². The number of aromatic nitrogens is 1. The van der Waals surface area contributed by atoms with Gasteiger partial charge in [0.1, 0.15) is 10.6 Å². The summed E-state index contributed by atoms with van der Waals surface area (Å²) in [6.07, 6.45) is 0.981. The van der Waals surface area contributed by atoms with Gasteiger partial charge in [-0.1, -0.05) is 0 Å². The maximum atomic E-state index is 11.8. The molecule has 0 spiro atoms. The highest BCUT2D eigenvalue weighted by Gasteiger charge is 2.20. The standard InChI is InChI=1S/C13H24N4O2S/c1-5-19-13(18)10-11(14)16-20-12(10)15-7-6-8-17(4)9(2)3/h9,15H,5-8H2,1-4H3,(H2,14,16). The number of anilines is 2. The Morgan fingerprint density at radius 2 is 2.25 bits per heavy atom. The van der Waals surface area contributed by atoms with Gasteiger partial charge in [0.15, 0.2) is 5.82 Å². The van der Waals surface area contributed by atoms with Crippen LogP contribution < -0.4 is 11.1 Å². The van der Waals surface area contributed by atoms with Gasteiger partial charge in [-0.2, -0.15) is 4.37 Å². The number of ether oxygens (including phenoxy) is 1. The van der Waals surface area contributed by atoms with E-state index in [4.69, 9.17) is 10.5 Å². The zero-order chi connectivity index (χ0) is 15.1. The zero-order valence-corrected chi connectivity index (χ0v) is 13.4. The number of nitrogen functional groups attached to an aromatic ring is 1. The van der Waals surface area contributed by atoms with Gasteiger partial charge in [0, 0.05) is 12.6 Å². The molecule has 6 nitrogen and oxygen atoms in total. The molecule has 0 saturated heterocycles. The molecule has 0 radical (unpaired) electrons. The van der Waals surface area contributed by atoms with Crippen molar-refractivity contribution in [2.45, 2.75) is 33.2 Å². The Morgan fingerprint density at radius 1 is 1.55 bits per heavy atom. The molecule has 7 heteroatoms. The average Bonchev–Trinajstić information content (AvgIpc) is 2.75. The summed E-state index contributed by atoms with van der Waals surface area (Å²) in [7, 11) is 2.10. The molecular weight excluding hydrogens is 276 g/mol. The van der Waals surface area contributed by atoms with Crippen molar-refractivity contribution in [3.05, 3.63) is 5.56 Å². The summed E-state index contributed by atoms with van der Waals surface area (Å²) in [5.74, 6) is -0.184. The van der Waals surface area contributed by atoms with Crippen LogP contribution in [0.2, 0.25) is 0 Å². The second kappa shape index (κ2) is 8.06. The van der Waals surface area contributed by atoms with E-state index in [1.54, 1.807) is 6.92 Å². The molecule has 0 aliphatic carbocycles. The van der Waals surface area contributed by atoms with Gasteiger partial charge >= 0.3 is 5.97 Å². The van der Waals surface area contributed by atoms with Gasteiger partial charge in [-0.25, -0.2) is 4.79 Å². The molecule has 0 amide bonds. The lowest BCUT2D eigenvalue weighted by Crippen LogP contribution is -2.28. The van der Waals surface area contributed by atoms with Gasteiger partial charge < -0.3 is 20.7 Å². The van der Waals surface area contributed by atoms with Crippen molar-refractivity contribution in [2.24, 2.45) is 0 Å². The van der Waals surface area contributed by atoms with E-state index in [-0.39, 0.29) is 5.82 Å². The van der Waals surface area contributed by atoms with E-state index in [0.29, 0.717) is 23.2 Å². The fourth-order valence-electron chi connectivity index (χ4n) is 1.61. The van der Waals surface area contributed by atoms with Crippen LogP contribution >= 0.6 is 11.5 Å². The van der Waals surface area contributed by atoms with Crippen molar-refractivity contribution in [1.29, 1.82) is 0 Å². The molecule has 0 aliphatic heterocycles. The maximum Gasteiger partial charge on any atom is 0.344 e. The van der Waals surface area contributed by atoms with E-state index >= 15 is 0 Å². The lowest BCUT2D eigenvalue weighted by molar-refractivity contribution is 0.0529. The third-order valence-electron chi connectivity index (χ3n) is 3.05. The summed E-state index contributed by atoms with van der Waals surface area (Å²) in [6.45, 7) is 8.18. The van der Waals surface area contributed by atoms with Crippen molar-refractivity contribution < 1.29 is 9.53 Å². The molecular formula is C13H24N4O2S. The Kier molecular flexibility index (Phi) is 6.74. The normalized spacial score (nSPS) is 11.1. The first-order valence-corrected chi connectivity index (χ1v) is 7.61. The highest BCUT2D eigenvalue weighted by atomic mass is 32.1. The van der Waals surface area contributed by atoms with E-state index in [0.717, 1.165) is 19.5 Å². The van der Waals surface area contributed by atoms with Crippen molar-refractivity contribution in [2.75, 3.05) is 37.8 Å². The van der Waals surface area contributed by atoms with Gasteiger partial charge in [0.05, 0.1) is 6.61 Å². The predicted molar refractivity (Wildman–Crippen MR) is 83.4 cm³/mol. The number of nitrogens with two attached hydrogens (primary N) is 1. The first-order chi connectivity index (χ1) is 9.47. The van der Waals surface area contributed by atoms with E-state index in [1.165, 1.54) is 11.5 Å². The molecule has 20 heavy (non-hydrogen) atoms. The van der Waals surface area contributed by atoms with Crippen LogP contribution in [0.4, 0.5) is 10.8 Å². The molecule has 0 atom stereocenters. The molecule has 0 bridgehead atoms. The van der Waals surface area contributed by atoms with Crippen molar-refractivity contribution in [1.82, 2.24) is 9.27 Å². The Hall–Kier alpha value is -1.34. The molecule has 1 rings (SSSR count). The van der Waals surface area contributed by atoms with Gasteiger partial charge in [-0.3, -0.25) is 0 Å². The third-order valence-corrected chi connectivity index (χ3v) is 3.87. The van der Waals surface area contributed by atoms with Gasteiger partial charge in [-0.05, 0) is 52.3 Å². The van der Waals surface area contributed by atoms with Crippen LogP contribution in [0.25, 0.3) is 0 Å². The predicted octanol–water partition coefficient (Wildman–Crippen LogP) is 2.04. The topological polar surface area (TPSA) is 80.5 Å². The van der Waals surface area contributed by atoms with Crippen molar-refractivity contribution >= 4 is 28.3 Å². The molecule has 0 fully saturated rings. The molecule has 0 aliphatic rings. The molecule has 1 heterocycles. The average molecular weight is 300 g/mol. The number of hydrogen-bond donors (Lipinski definition) is 2. The third kappa shape index (κ3) is 4.64. The number of carbonyl (C=O) groups is 1. The molecule has 114 valence electrons. The Bertz CT molecular complexity index is 434. The Balaban J connectivity index is 2.50. The van der Waals surface area contributed by atoms with Gasteiger partial charge in [0.2, 0.25) is 0 Å². The number of carbonyl (C=O) groups excluding carboxylic acids is 1. The lowest BCUT2D eigenvalue weighted by atomic mass is 10.3. The number of rotatable bonds is 8. The van der Waals surface area contributed by atoms with Gasteiger partial charge in [0.25, 0.3) is 0 Å². The summed E-state index contributed by atoms with van der Waals surface area (Å²) >= 11 is 1.19.